The summed E-state index contributed by atoms with van der Waals surface area (Å²) in [6.07, 6.45) is -6.20. The molecule has 10 heteroatoms. The molecule has 0 spiro atoms. The molecule has 0 aromatic carbocycles. The van der Waals surface area contributed by atoms with Gasteiger partial charge in [0, 0.05) is 6.20 Å². The van der Waals surface area contributed by atoms with Crippen LogP contribution in [0.3, 0.4) is 0 Å². The van der Waals surface area contributed by atoms with Gasteiger partial charge in [0.2, 0.25) is 0 Å². The van der Waals surface area contributed by atoms with E-state index in [1.165, 1.54) is 0 Å². The zero-order valence-corrected chi connectivity index (χ0v) is 10.5. The highest BCUT2D eigenvalue weighted by Gasteiger charge is 2.43. The molecule has 21 heavy (non-hydrogen) atoms. The molecule has 0 saturated carbocycles. The number of aliphatic hydroxyl groups excluding tert-OH is 3. The number of rotatable bonds is 3. The molecular formula is C11H12F2N2O6. The summed E-state index contributed by atoms with van der Waals surface area (Å²) >= 11 is 0. The molecule has 2 heterocycles. The van der Waals surface area contributed by atoms with Gasteiger partial charge >= 0.3 is 5.69 Å². The Morgan fingerprint density at radius 2 is 2.05 bits per heavy atom. The maximum absolute atomic E-state index is 13.0. The van der Waals surface area contributed by atoms with Crippen molar-refractivity contribution >= 4 is 0 Å². The smallest absolute Gasteiger partial charge is 0.330 e. The molecule has 0 aliphatic carbocycles. The molecule has 1 aliphatic rings. The van der Waals surface area contributed by atoms with E-state index in [4.69, 9.17) is 14.9 Å². The molecule has 0 bridgehead atoms. The Kier molecular flexibility index (Phi) is 4.32. The normalized spacial score (nSPS) is 25.4. The first-order chi connectivity index (χ1) is 9.90. The first-order valence-corrected chi connectivity index (χ1v) is 5.85. The highest BCUT2D eigenvalue weighted by molar-refractivity contribution is 5.20. The Morgan fingerprint density at radius 1 is 1.38 bits per heavy atom. The first-order valence-electron chi connectivity index (χ1n) is 5.85. The van der Waals surface area contributed by atoms with Crippen LogP contribution in [-0.2, 0) is 11.3 Å². The molecule has 2 rings (SSSR count). The summed E-state index contributed by atoms with van der Waals surface area (Å²) in [5.41, 5.74) is -3.03. The lowest BCUT2D eigenvalue weighted by Gasteiger charge is -2.15. The van der Waals surface area contributed by atoms with Crippen molar-refractivity contribution in [3.63, 3.8) is 0 Å². The third-order valence-electron chi connectivity index (χ3n) is 3.10. The number of hydrogen-bond acceptors (Lipinski definition) is 6. The van der Waals surface area contributed by atoms with Crippen LogP contribution in [0.1, 0.15) is 11.8 Å². The van der Waals surface area contributed by atoms with Gasteiger partial charge in [-0.25, -0.2) is 4.79 Å². The van der Waals surface area contributed by atoms with Crippen LogP contribution >= 0.6 is 0 Å². The average molecular weight is 306 g/mol. The molecule has 1 saturated heterocycles. The van der Waals surface area contributed by atoms with Crippen LogP contribution in [0.5, 0.6) is 0 Å². The Morgan fingerprint density at radius 3 is 2.57 bits per heavy atom. The Bertz CT molecular complexity index is 678. The molecule has 1 unspecified atom stereocenters. The third kappa shape index (κ3) is 2.65. The van der Waals surface area contributed by atoms with Crippen LogP contribution in [0, 0.1) is 0 Å². The number of aromatic nitrogens is 2. The highest BCUT2D eigenvalue weighted by Crippen LogP contribution is 2.36. The average Bonchev–Trinajstić information content (AvgIpc) is 2.75. The first kappa shape index (κ1) is 15.5. The lowest BCUT2D eigenvalue weighted by molar-refractivity contribution is -0.0450. The van der Waals surface area contributed by atoms with Crippen molar-refractivity contribution in [2.45, 2.75) is 25.0 Å². The van der Waals surface area contributed by atoms with E-state index in [2.05, 4.69) is 0 Å². The number of H-pyrrole nitrogens is 1. The Hall–Kier alpha value is -1.88. The number of nitrogens with one attached hydrogen (secondary N) is 1. The van der Waals surface area contributed by atoms with Gasteiger partial charge in [-0.05, 0) is 0 Å². The number of halogens is 2. The van der Waals surface area contributed by atoms with E-state index in [0.29, 0.717) is 4.57 Å². The van der Waals surface area contributed by atoms with Gasteiger partial charge in [-0.2, -0.15) is 8.78 Å². The predicted octanol–water partition coefficient (Wildman–Crippen LogP) is -1.57. The summed E-state index contributed by atoms with van der Waals surface area (Å²) < 4.78 is 31.5. The van der Waals surface area contributed by atoms with Crippen molar-refractivity contribution in [1.29, 1.82) is 0 Å². The molecule has 8 nitrogen and oxygen atoms in total. The van der Waals surface area contributed by atoms with Crippen LogP contribution < -0.4 is 11.2 Å². The van der Waals surface area contributed by atoms with Crippen LogP contribution in [-0.4, -0.2) is 43.7 Å². The molecule has 116 valence electrons. The molecule has 1 aromatic rings. The quantitative estimate of drug-likeness (QED) is 0.535. The minimum absolute atomic E-state index is 0.237. The molecule has 0 amide bonds. The number of aromatic amines is 1. The van der Waals surface area contributed by atoms with E-state index in [0.717, 1.165) is 6.20 Å². The van der Waals surface area contributed by atoms with Gasteiger partial charge in [-0.3, -0.25) is 14.3 Å². The lowest BCUT2D eigenvalue weighted by atomic mass is 10.1. The molecule has 3 atom stereocenters. The van der Waals surface area contributed by atoms with E-state index >= 15 is 0 Å². The fraction of sp³-hybridized carbons (Fsp3) is 0.455. The van der Waals surface area contributed by atoms with Crippen molar-refractivity contribution in [2.24, 2.45) is 0 Å². The van der Waals surface area contributed by atoms with Crippen LogP contribution in [0.15, 0.2) is 27.4 Å². The second-order valence-electron chi connectivity index (χ2n) is 4.35. The lowest BCUT2D eigenvalue weighted by Crippen LogP contribution is -2.34. The summed E-state index contributed by atoms with van der Waals surface area (Å²) in [4.78, 5) is 24.9. The monoisotopic (exact) mass is 306 g/mol. The summed E-state index contributed by atoms with van der Waals surface area (Å²) in [6, 6.07) is 0. The second kappa shape index (κ2) is 5.85. The standard InChI is InChI=1S/C11H12F2N2O6/c12-8(13)6-7(18)5(3-17)21-10(6)15-1-4(2-16)9(19)14-11(15)20/h1,5,7,10,16-18H,2-3H2,(H,14,19,20)/t5-,7?,10-/m0/s1. The van der Waals surface area contributed by atoms with E-state index in [1.807, 2.05) is 4.98 Å². The van der Waals surface area contributed by atoms with Gasteiger partial charge in [-0.15, -0.1) is 0 Å². The maximum Gasteiger partial charge on any atom is 0.330 e. The van der Waals surface area contributed by atoms with Crippen LogP contribution in [0.2, 0.25) is 0 Å². The molecule has 1 aliphatic heterocycles. The molecular weight excluding hydrogens is 294 g/mol. The summed E-state index contributed by atoms with van der Waals surface area (Å²) in [6.45, 7) is -1.45. The minimum atomic E-state index is -2.26. The van der Waals surface area contributed by atoms with Gasteiger partial charge in [0.05, 0.1) is 24.4 Å². The zero-order valence-electron chi connectivity index (χ0n) is 10.5. The second-order valence-corrected chi connectivity index (χ2v) is 4.35. The molecule has 0 radical (unpaired) electrons. The Labute approximate surface area is 115 Å². The SMILES string of the molecule is O=c1[nH]c(=O)n([C@H]2O[C@@H](CO)C(O)C2=C(F)F)cc1CO. The molecule has 1 aromatic heterocycles. The van der Waals surface area contributed by atoms with Crippen LogP contribution in [0.25, 0.3) is 0 Å². The largest absolute Gasteiger partial charge is 0.394 e. The number of aliphatic hydroxyl groups is 3. The number of hydrogen-bond donors (Lipinski definition) is 4. The summed E-state index contributed by atoms with van der Waals surface area (Å²) in [5.74, 6) is 0. The van der Waals surface area contributed by atoms with Gasteiger partial charge in [-0.1, -0.05) is 0 Å². The summed E-state index contributed by atoms with van der Waals surface area (Å²) in [7, 11) is 0. The molecule has 1 fully saturated rings. The van der Waals surface area contributed by atoms with Crippen molar-refractivity contribution in [3.8, 4) is 0 Å². The number of nitrogens with zero attached hydrogens (tertiary/aromatic N) is 1. The maximum atomic E-state index is 13.0. The zero-order chi connectivity index (χ0) is 15.7. The fourth-order valence-electron chi connectivity index (χ4n) is 2.04. The van der Waals surface area contributed by atoms with Crippen molar-refractivity contribution in [2.75, 3.05) is 6.61 Å². The predicted molar refractivity (Wildman–Crippen MR) is 63.5 cm³/mol. The van der Waals surface area contributed by atoms with E-state index in [-0.39, 0.29) is 5.56 Å². The van der Waals surface area contributed by atoms with E-state index < -0.39 is 54.6 Å². The Balaban J connectivity index is 2.58. The number of ether oxygens (including phenoxy) is 1. The van der Waals surface area contributed by atoms with Gasteiger partial charge in [0.25, 0.3) is 11.6 Å². The summed E-state index contributed by atoms with van der Waals surface area (Å²) in [5, 5.41) is 27.6. The van der Waals surface area contributed by atoms with E-state index in [1.54, 1.807) is 0 Å². The van der Waals surface area contributed by atoms with Gasteiger partial charge in [0.1, 0.15) is 12.2 Å². The van der Waals surface area contributed by atoms with Gasteiger partial charge < -0.3 is 20.1 Å². The topological polar surface area (TPSA) is 125 Å². The van der Waals surface area contributed by atoms with Crippen molar-refractivity contribution < 1.29 is 28.8 Å². The van der Waals surface area contributed by atoms with Crippen molar-refractivity contribution in [1.82, 2.24) is 9.55 Å². The van der Waals surface area contributed by atoms with Crippen molar-refractivity contribution in [3.05, 3.63) is 44.3 Å². The van der Waals surface area contributed by atoms with E-state index in [9.17, 15) is 23.5 Å². The van der Waals surface area contributed by atoms with Gasteiger partial charge in [0.15, 0.2) is 6.23 Å². The fourth-order valence-corrected chi connectivity index (χ4v) is 2.04. The van der Waals surface area contributed by atoms with Crippen LogP contribution in [0.4, 0.5) is 8.78 Å². The molecule has 4 N–H and O–H groups in total. The minimum Gasteiger partial charge on any atom is -0.394 e. The highest BCUT2D eigenvalue weighted by atomic mass is 19.3. The third-order valence-corrected chi connectivity index (χ3v) is 3.10.